The third-order valence-electron chi connectivity index (χ3n) is 3.20. The van der Waals surface area contributed by atoms with E-state index in [0.717, 1.165) is 11.4 Å². The van der Waals surface area contributed by atoms with E-state index in [0.29, 0.717) is 11.1 Å². The van der Waals surface area contributed by atoms with Gasteiger partial charge >= 0.3 is 0 Å². The van der Waals surface area contributed by atoms with Gasteiger partial charge in [-0.2, -0.15) is 5.10 Å². The number of hydrogen-bond acceptors (Lipinski definition) is 2. The van der Waals surface area contributed by atoms with Crippen LogP contribution in [-0.2, 0) is 0 Å². The molecule has 0 radical (unpaired) electrons. The second-order valence-electron chi connectivity index (χ2n) is 4.60. The van der Waals surface area contributed by atoms with Crippen LogP contribution in [0.25, 0.3) is 5.69 Å². The molecule has 3 heteroatoms. The van der Waals surface area contributed by atoms with E-state index in [2.05, 4.69) is 5.10 Å². The Balaban J connectivity index is 2.00. The highest BCUT2D eigenvalue weighted by Crippen LogP contribution is 2.15. The molecule has 98 valence electrons. The summed E-state index contributed by atoms with van der Waals surface area (Å²) < 4.78 is 1.74. The van der Waals surface area contributed by atoms with Gasteiger partial charge in [0.1, 0.15) is 0 Å². The molecule has 0 atom stereocenters. The van der Waals surface area contributed by atoms with Gasteiger partial charge < -0.3 is 0 Å². The number of aromatic nitrogens is 2. The standard InChI is InChI=1S/C17H14N2O/c1-13-16(17(20)14-8-4-2-5-9-14)12-19(18-13)15-10-6-3-7-11-15/h2-12H,1H3. The first kappa shape index (κ1) is 12.4. The normalized spacial score (nSPS) is 10.4. The first-order chi connectivity index (χ1) is 9.75. The number of nitrogens with zero attached hydrogens (tertiary/aromatic N) is 2. The molecule has 3 rings (SSSR count). The predicted octanol–water partition coefficient (Wildman–Crippen LogP) is 3.41. The van der Waals surface area contributed by atoms with Crippen LogP contribution in [0.1, 0.15) is 21.6 Å². The molecule has 0 aliphatic rings. The van der Waals surface area contributed by atoms with Crippen molar-refractivity contribution in [2.45, 2.75) is 6.92 Å². The lowest BCUT2D eigenvalue weighted by atomic mass is 10.0. The quantitative estimate of drug-likeness (QED) is 0.678. The largest absolute Gasteiger partial charge is 0.288 e. The highest BCUT2D eigenvalue weighted by atomic mass is 16.1. The highest BCUT2D eigenvalue weighted by Gasteiger charge is 2.15. The van der Waals surface area contributed by atoms with Gasteiger partial charge in [0, 0.05) is 11.8 Å². The summed E-state index contributed by atoms with van der Waals surface area (Å²) in [5.41, 5.74) is 3.01. The second-order valence-corrected chi connectivity index (χ2v) is 4.60. The minimum absolute atomic E-state index is 0.00489. The first-order valence-corrected chi connectivity index (χ1v) is 6.47. The third kappa shape index (κ3) is 2.26. The minimum atomic E-state index is 0.00489. The average Bonchev–Trinajstić information content (AvgIpc) is 2.90. The van der Waals surface area contributed by atoms with Crippen molar-refractivity contribution in [1.82, 2.24) is 9.78 Å². The van der Waals surface area contributed by atoms with E-state index in [1.807, 2.05) is 67.6 Å². The van der Waals surface area contributed by atoms with Crippen LogP contribution < -0.4 is 0 Å². The topological polar surface area (TPSA) is 34.9 Å². The van der Waals surface area contributed by atoms with E-state index in [-0.39, 0.29) is 5.78 Å². The molecule has 0 aliphatic heterocycles. The van der Waals surface area contributed by atoms with E-state index < -0.39 is 0 Å². The van der Waals surface area contributed by atoms with Gasteiger partial charge in [-0.25, -0.2) is 4.68 Å². The van der Waals surface area contributed by atoms with Gasteiger partial charge in [0.2, 0.25) is 0 Å². The van der Waals surface area contributed by atoms with Gasteiger partial charge in [-0.3, -0.25) is 4.79 Å². The molecule has 0 N–H and O–H groups in total. The van der Waals surface area contributed by atoms with Crippen molar-refractivity contribution in [2.24, 2.45) is 0 Å². The zero-order chi connectivity index (χ0) is 13.9. The maximum atomic E-state index is 12.5. The van der Waals surface area contributed by atoms with Gasteiger partial charge in [-0.15, -0.1) is 0 Å². The summed E-state index contributed by atoms with van der Waals surface area (Å²) in [4.78, 5) is 12.5. The number of carbonyl (C=O) groups excluding carboxylic acids is 1. The van der Waals surface area contributed by atoms with Crippen LogP contribution in [0.4, 0.5) is 0 Å². The fourth-order valence-electron chi connectivity index (χ4n) is 2.14. The van der Waals surface area contributed by atoms with Gasteiger partial charge in [-0.05, 0) is 19.1 Å². The summed E-state index contributed by atoms with van der Waals surface area (Å²) in [5, 5.41) is 4.42. The number of ketones is 1. The van der Waals surface area contributed by atoms with Crippen LogP contribution >= 0.6 is 0 Å². The number of benzene rings is 2. The van der Waals surface area contributed by atoms with Gasteiger partial charge in [0.05, 0.1) is 16.9 Å². The molecule has 0 aliphatic carbocycles. The Morgan fingerprint density at radius 1 is 0.950 bits per heavy atom. The molecule has 0 unspecified atom stereocenters. The van der Waals surface area contributed by atoms with Crippen molar-refractivity contribution in [2.75, 3.05) is 0 Å². The van der Waals surface area contributed by atoms with Crippen LogP contribution in [0.15, 0.2) is 66.9 Å². The van der Waals surface area contributed by atoms with Crippen LogP contribution in [0.2, 0.25) is 0 Å². The maximum Gasteiger partial charge on any atom is 0.196 e. The Morgan fingerprint density at radius 3 is 2.20 bits per heavy atom. The van der Waals surface area contributed by atoms with E-state index >= 15 is 0 Å². The molecule has 3 aromatic rings. The summed E-state index contributed by atoms with van der Waals surface area (Å²) in [6.45, 7) is 1.86. The number of aryl methyl sites for hydroxylation is 1. The Hall–Kier alpha value is -2.68. The molecular formula is C17H14N2O. The number of rotatable bonds is 3. The number of para-hydroxylation sites is 1. The van der Waals surface area contributed by atoms with E-state index in [1.165, 1.54) is 0 Å². The summed E-state index contributed by atoms with van der Waals surface area (Å²) >= 11 is 0. The highest BCUT2D eigenvalue weighted by molar-refractivity contribution is 6.09. The van der Waals surface area contributed by atoms with Gasteiger partial charge in [-0.1, -0.05) is 48.5 Å². The van der Waals surface area contributed by atoms with E-state index in [1.54, 1.807) is 10.9 Å². The Morgan fingerprint density at radius 2 is 1.55 bits per heavy atom. The molecule has 2 aromatic carbocycles. The summed E-state index contributed by atoms with van der Waals surface area (Å²) in [6.07, 6.45) is 1.79. The Bertz CT molecular complexity index is 730. The molecule has 0 saturated carbocycles. The van der Waals surface area contributed by atoms with Gasteiger partial charge in [0.25, 0.3) is 0 Å². The summed E-state index contributed by atoms with van der Waals surface area (Å²) in [7, 11) is 0. The van der Waals surface area contributed by atoms with Gasteiger partial charge in [0.15, 0.2) is 5.78 Å². The van der Waals surface area contributed by atoms with Crippen molar-refractivity contribution < 1.29 is 4.79 Å². The van der Waals surface area contributed by atoms with Crippen LogP contribution in [0.3, 0.4) is 0 Å². The number of carbonyl (C=O) groups is 1. The first-order valence-electron chi connectivity index (χ1n) is 6.47. The molecular weight excluding hydrogens is 248 g/mol. The zero-order valence-corrected chi connectivity index (χ0v) is 11.2. The molecule has 0 spiro atoms. The molecule has 0 saturated heterocycles. The Kier molecular flexibility index (Phi) is 3.17. The van der Waals surface area contributed by atoms with E-state index in [4.69, 9.17) is 0 Å². The fourth-order valence-corrected chi connectivity index (χ4v) is 2.14. The SMILES string of the molecule is Cc1nn(-c2ccccc2)cc1C(=O)c1ccccc1. The maximum absolute atomic E-state index is 12.5. The smallest absolute Gasteiger partial charge is 0.196 e. The number of hydrogen-bond donors (Lipinski definition) is 0. The lowest BCUT2D eigenvalue weighted by molar-refractivity contribution is 0.103. The lowest BCUT2D eigenvalue weighted by Crippen LogP contribution is -2.01. The second kappa shape index (κ2) is 5.13. The third-order valence-corrected chi connectivity index (χ3v) is 3.20. The molecule has 0 amide bonds. The zero-order valence-electron chi connectivity index (χ0n) is 11.2. The molecule has 0 fully saturated rings. The molecule has 20 heavy (non-hydrogen) atoms. The molecule has 3 nitrogen and oxygen atoms in total. The minimum Gasteiger partial charge on any atom is -0.288 e. The summed E-state index contributed by atoms with van der Waals surface area (Å²) in [6, 6.07) is 19.0. The predicted molar refractivity (Wildman–Crippen MR) is 78.2 cm³/mol. The van der Waals surface area contributed by atoms with Crippen molar-refractivity contribution >= 4 is 5.78 Å². The van der Waals surface area contributed by atoms with Crippen LogP contribution in [0.5, 0.6) is 0 Å². The Labute approximate surface area is 117 Å². The molecule has 1 aromatic heterocycles. The average molecular weight is 262 g/mol. The monoisotopic (exact) mass is 262 g/mol. The van der Waals surface area contributed by atoms with Crippen LogP contribution in [0, 0.1) is 6.92 Å². The van der Waals surface area contributed by atoms with Crippen molar-refractivity contribution in [3.8, 4) is 5.69 Å². The lowest BCUT2D eigenvalue weighted by Gasteiger charge is -1.99. The molecule has 0 bridgehead atoms. The van der Waals surface area contributed by atoms with Crippen LogP contribution in [-0.4, -0.2) is 15.6 Å². The fraction of sp³-hybridized carbons (Fsp3) is 0.0588. The summed E-state index contributed by atoms with van der Waals surface area (Å²) in [5.74, 6) is 0.00489. The van der Waals surface area contributed by atoms with Crippen molar-refractivity contribution in [3.05, 3.63) is 83.7 Å². The molecule has 1 heterocycles. The van der Waals surface area contributed by atoms with Crippen molar-refractivity contribution in [1.29, 1.82) is 0 Å². The van der Waals surface area contributed by atoms with E-state index in [9.17, 15) is 4.79 Å². The van der Waals surface area contributed by atoms with Crippen molar-refractivity contribution in [3.63, 3.8) is 0 Å².